The average molecular weight is 268 g/mol. The minimum atomic E-state index is -0.408. The zero-order chi connectivity index (χ0) is 14.1. The summed E-state index contributed by atoms with van der Waals surface area (Å²) in [6, 6.07) is 3.14. The molecule has 0 aliphatic rings. The van der Waals surface area contributed by atoms with Gasteiger partial charge in [-0.3, -0.25) is 9.59 Å². The molecule has 106 valence electrons. The van der Waals surface area contributed by atoms with Crippen LogP contribution in [0.2, 0.25) is 0 Å². The number of amides is 2. The van der Waals surface area contributed by atoms with E-state index in [9.17, 15) is 9.59 Å². The molecule has 1 aromatic rings. The van der Waals surface area contributed by atoms with Gasteiger partial charge in [-0.25, -0.2) is 0 Å². The summed E-state index contributed by atoms with van der Waals surface area (Å²) in [4.78, 5) is 22.9. The second-order valence-electron chi connectivity index (χ2n) is 4.44. The molecule has 0 bridgehead atoms. The lowest BCUT2D eigenvalue weighted by Gasteiger charge is -2.08. The van der Waals surface area contributed by atoms with Crippen LogP contribution in [0.1, 0.15) is 30.3 Å². The third-order valence-electron chi connectivity index (χ3n) is 2.66. The zero-order valence-electron chi connectivity index (χ0n) is 11.0. The molecule has 1 atom stereocenters. The van der Waals surface area contributed by atoms with Gasteiger partial charge in [0.05, 0.1) is 12.8 Å². The van der Waals surface area contributed by atoms with Crippen molar-refractivity contribution in [3.63, 3.8) is 0 Å². The summed E-state index contributed by atoms with van der Waals surface area (Å²) < 4.78 is 4.90. The van der Waals surface area contributed by atoms with Crippen molar-refractivity contribution in [1.82, 2.24) is 10.6 Å². The smallest absolute Gasteiger partial charge is 0.287 e. The van der Waals surface area contributed by atoms with Crippen LogP contribution in [0.4, 0.5) is 0 Å². The molecule has 0 aliphatic heterocycles. The van der Waals surface area contributed by atoms with Crippen LogP contribution in [-0.4, -0.2) is 36.6 Å². The van der Waals surface area contributed by atoms with Crippen LogP contribution in [0.5, 0.6) is 0 Å². The highest BCUT2D eigenvalue weighted by atomic mass is 16.3. The standard InChI is InChI=1S/C13H20N2O4/c1-10(9-16)4-2-6-14-12(17)8-15-13(18)11-5-3-7-19-11/h3,5,7,10,16H,2,4,6,8-9H2,1H3,(H,14,17)(H,15,18). The average Bonchev–Trinajstić information content (AvgIpc) is 2.94. The number of furan rings is 1. The Balaban J connectivity index is 2.10. The Morgan fingerprint density at radius 2 is 2.21 bits per heavy atom. The first kappa shape index (κ1) is 15.2. The van der Waals surface area contributed by atoms with Crippen LogP contribution in [0, 0.1) is 5.92 Å². The predicted octanol–water partition coefficient (Wildman–Crippen LogP) is 0.534. The number of hydrogen-bond donors (Lipinski definition) is 3. The first-order valence-electron chi connectivity index (χ1n) is 6.32. The lowest BCUT2D eigenvalue weighted by atomic mass is 10.1. The molecular weight excluding hydrogens is 248 g/mol. The van der Waals surface area contributed by atoms with Crippen molar-refractivity contribution in [1.29, 1.82) is 0 Å². The molecule has 1 unspecified atom stereocenters. The van der Waals surface area contributed by atoms with Crippen molar-refractivity contribution in [3.8, 4) is 0 Å². The van der Waals surface area contributed by atoms with Gasteiger partial charge in [0.2, 0.25) is 5.91 Å². The number of carbonyl (C=O) groups is 2. The van der Waals surface area contributed by atoms with E-state index in [1.807, 2.05) is 6.92 Å². The van der Waals surface area contributed by atoms with Crippen LogP contribution < -0.4 is 10.6 Å². The second kappa shape index (κ2) is 8.31. The molecular formula is C13H20N2O4. The molecule has 3 N–H and O–H groups in total. The van der Waals surface area contributed by atoms with E-state index in [-0.39, 0.29) is 30.7 Å². The number of carbonyl (C=O) groups excluding carboxylic acids is 2. The molecule has 1 aromatic heterocycles. The molecule has 0 spiro atoms. The van der Waals surface area contributed by atoms with Gasteiger partial charge in [0.15, 0.2) is 5.76 Å². The van der Waals surface area contributed by atoms with E-state index in [1.165, 1.54) is 12.3 Å². The maximum Gasteiger partial charge on any atom is 0.287 e. The van der Waals surface area contributed by atoms with E-state index >= 15 is 0 Å². The number of nitrogens with one attached hydrogen (secondary N) is 2. The maximum atomic E-state index is 11.5. The van der Waals surface area contributed by atoms with E-state index in [1.54, 1.807) is 6.07 Å². The molecule has 0 saturated carbocycles. The normalized spacial score (nSPS) is 11.9. The van der Waals surface area contributed by atoms with E-state index < -0.39 is 5.91 Å². The fraction of sp³-hybridized carbons (Fsp3) is 0.538. The molecule has 0 saturated heterocycles. The molecule has 2 amide bonds. The summed E-state index contributed by atoms with van der Waals surface area (Å²) in [5.74, 6) is -0.217. The molecule has 19 heavy (non-hydrogen) atoms. The highest BCUT2D eigenvalue weighted by Crippen LogP contribution is 2.02. The van der Waals surface area contributed by atoms with Gasteiger partial charge in [0, 0.05) is 13.2 Å². The van der Waals surface area contributed by atoms with Crippen LogP contribution in [0.25, 0.3) is 0 Å². The SMILES string of the molecule is CC(CO)CCCNC(=O)CNC(=O)c1ccco1. The van der Waals surface area contributed by atoms with Gasteiger partial charge in [-0.15, -0.1) is 0 Å². The Labute approximate surface area is 112 Å². The fourth-order valence-electron chi connectivity index (χ4n) is 1.49. The quantitative estimate of drug-likeness (QED) is 0.600. The minimum Gasteiger partial charge on any atom is -0.459 e. The highest BCUT2D eigenvalue weighted by Gasteiger charge is 2.09. The van der Waals surface area contributed by atoms with Gasteiger partial charge in [-0.2, -0.15) is 0 Å². The van der Waals surface area contributed by atoms with Gasteiger partial charge in [-0.05, 0) is 30.9 Å². The van der Waals surface area contributed by atoms with Crippen molar-refractivity contribution >= 4 is 11.8 Å². The van der Waals surface area contributed by atoms with Crippen LogP contribution in [-0.2, 0) is 4.79 Å². The molecule has 0 radical (unpaired) electrons. The van der Waals surface area contributed by atoms with Gasteiger partial charge in [0.1, 0.15) is 0 Å². The number of rotatable bonds is 8. The third-order valence-corrected chi connectivity index (χ3v) is 2.66. The van der Waals surface area contributed by atoms with Crippen LogP contribution in [0.15, 0.2) is 22.8 Å². The Morgan fingerprint density at radius 1 is 1.42 bits per heavy atom. The molecule has 6 heteroatoms. The van der Waals surface area contributed by atoms with Crippen molar-refractivity contribution < 1.29 is 19.1 Å². The van der Waals surface area contributed by atoms with Crippen LogP contribution in [0.3, 0.4) is 0 Å². The maximum absolute atomic E-state index is 11.5. The topological polar surface area (TPSA) is 91.6 Å². The Hall–Kier alpha value is -1.82. The third kappa shape index (κ3) is 6.05. The molecule has 6 nitrogen and oxygen atoms in total. The van der Waals surface area contributed by atoms with E-state index in [0.29, 0.717) is 6.54 Å². The minimum absolute atomic E-state index is 0.0743. The summed E-state index contributed by atoms with van der Waals surface area (Å²) in [6.07, 6.45) is 3.06. The van der Waals surface area contributed by atoms with Crippen molar-refractivity contribution in [2.45, 2.75) is 19.8 Å². The largest absolute Gasteiger partial charge is 0.459 e. The summed E-state index contributed by atoms with van der Waals surface area (Å²) in [6.45, 7) is 2.58. The first-order chi connectivity index (χ1) is 9.13. The zero-order valence-corrected chi connectivity index (χ0v) is 11.0. The van der Waals surface area contributed by atoms with E-state index in [2.05, 4.69) is 10.6 Å². The lowest BCUT2D eigenvalue weighted by molar-refractivity contribution is -0.120. The van der Waals surface area contributed by atoms with Crippen molar-refractivity contribution in [2.75, 3.05) is 19.7 Å². The summed E-state index contributed by atoms with van der Waals surface area (Å²) >= 11 is 0. The Morgan fingerprint density at radius 3 is 2.84 bits per heavy atom. The van der Waals surface area contributed by atoms with Crippen LogP contribution >= 0.6 is 0 Å². The molecule has 0 fully saturated rings. The van der Waals surface area contributed by atoms with Crippen molar-refractivity contribution in [3.05, 3.63) is 24.2 Å². The molecule has 1 rings (SSSR count). The molecule has 1 heterocycles. The fourth-order valence-corrected chi connectivity index (χ4v) is 1.49. The number of aliphatic hydroxyl groups is 1. The van der Waals surface area contributed by atoms with Gasteiger partial charge >= 0.3 is 0 Å². The molecule has 0 aromatic carbocycles. The van der Waals surface area contributed by atoms with E-state index in [4.69, 9.17) is 9.52 Å². The monoisotopic (exact) mass is 268 g/mol. The first-order valence-corrected chi connectivity index (χ1v) is 6.32. The lowest BCUT2D eigenvalue weighted by Crippen LogP contribution is -2.37. The summed E-state index contributed by atoms with van der Waals surface area (Å²) in [5, 5.41) is 14.0. The van der Waals surface area contributed by atoms with Gasteiger partial charge in [0.25, 0.3) is 5.91 Å². The summed E-state index contributed by atoms with van der Waals surface area (Å²) in [7, 11) is 0. The van der Waals surface area contributed by atoms with Gasteiger partial charge in [-0.1, -0.05) is 6.92 Å². The highest BCUT2D eigenvalue weighted by molar-refractivity contribution is 5.94. The Bertz CT molecular complexity index is 389. The van der Waals surface area contributed by atoms with E-state index in [0.717, 1.165) is 12.8 Å². The molecule has 0 aliphatic carbocycles. The second-order valence-corrected chi connectivity index (χ2v) is 4.44. The van der Waals surface area contributed by atoms with Gasteiger partial charge < -0.3 is 20.2 Å². The van der Waals surface area contributed by atoms with Crippen molar-refractivity contribution in [2.24, 2.45) is 5.92 Å². The number of hydrogen-bond acceptors (Lipinski definition) is 4. The Kier molecular flexibility index (Phi) is 6.67. The number of aliphatic hydroxyl groups excluding tert-OH is 1. The predicted molar refractivity (Wildman–Crippen MR) is 69.5 cm³/mol. The summed E-state index contributed by atoms with van der Waals surface area (Å²) in [5.41, 5.74) is 0.